The number of rotatable bonds is 2. The second-order valence-electron chi connectivity index (χ2n) is 4.31. The van der Waals surface area contributed by atoms with E-state index in [1.54, 1.807) is 0 Å². The summed E-state index contributed by atoms with van der Waals surface area (Å²) in [5.74, 6) is -1.13. The van der Waals surface area contributed by atoms with Gasteiger partial charge in [0.25, 0.3) is 11.6 Å². The van der Waals surface area contributed by atoms with Gasteiger partial charge in [0.2, 0.25) is 5.96 Å². The Morgan fingerprint density at radius 2 is 2.22 bits per heavy atom. The summed E-state index contributed by atoms with van der Waals surface area (Å²) in [7, 11) is 0. The van der Waals surface area contributed by atoms with Gasteiger partial charge in [-0.15, -0.1) is 0 Å². The number of amides is 1. The van der Waals surface area contributed by atoms with Gasteiger partial charge in [-0.3, -0.25) is 20.4 Å². The highest BCUT2D eigenvalue weighted by molar-refractivity contribution is 6.21. The van der Waals surface area contributed by atoms with Gasteiger partial charge >= 0.3 is 0 Å². The van der Waals surface area contributed by atoms with Gasteiger partial charge in [0.1, 0.15) is 0 Å². The van der Waals surface area contributed by atoms with Crippen LogP contribution in [0.2, 0.25) is 0 Å². The van der Waals surface area contributed by atoms with Crippen molar-refractivity contribution in [1.82, 2.24) is 10.6 Å². The second kappa shape index (κ2) is 4.28. The average molecular weight is 257 g/mol. The van der Waals surface area contributed by atoms with Crippen LogP contribution in [-0.2, 0) is 4.79 Å². The maximum Gasteiger partial charge on any atom is 0.282 e. The standard InChI is InChI=1S/C9H15N5O4/c1-3(15)5(16)4-2-11-6-9(18,14-4)7(17)13-8(10)12-6/h3-5,14-16,18H,2H2,1H3,(H3,10,11,12,13,17)/t3-,4?,5-,9?/m0/s1. The van der Waals surface area contributed by atoms with Crippen molar-refractivity contribution < 1.29 is 20.1 Å². The predicted octanol–water partition coefficient (Wildman–Crippen LogP) is -3.77. The molecule has 0 saturated heterocycles. The van der Waals surface area contributed by atoms with Crippen LogP contribution in [0.15, 0.2) is 9.98 Å². The SMILES string of the molecule is C[C@H](O)[C@H](O)C1CN=C2N=C(N)NC(=O)C2(O)N1. The van der Waals surface area contributed by atoms with Crippen LogP contribution in [0, 0.1) is 0 Å². The lowest BCUT2D eigenvalue weighted by Gasteiger charge is -2.38. The van der Waals surface area contributed by atoms with E-state index in [0.29, 0.717) is 0 Å². The predicted molar refractivity (Wildman–Crippen MR) is 61.6 cm³/mol. The molecule has 1 amide bonds. The quantitative estimate of drug-likeness (QED) is 0.298. The van der Waals surface area contributed by atoms with Crippen molar-refractivity contribution in [3.8, 4) is 0 Å². The van der Waals surface area contributed by atoms with Crippen molar-refractivity contribution in [3.05, 3.63) is 0 Å². The fourth-order valence-electron chi connectivity index (χ4n) is 1.84. The maximum absolute atomic E-state index is 11.7. The number of nitrogens with two attached hydrogens (primary N) is 1. The summed E-state index contributed by atoms with van der Waals surface area (Å²) in [5, 5.41) is 33.9. The van der Waals surface area contributed by atoms with Gasteiger partial charge in [-0.05, 0) is 6.92 Å². The van der Waals surface area contributed by atoms with E-state index in [-0.39, 0.29) is 18.3 Å². The van der Waals surface area contributed by atoms with Crippen molar-refractivity contribution in [2.45, 2.75) is 30.9 Å². The van der Waals surface area contributed by atoms with E-state index in [2.05, 4.69) is 20.6 Å². The largest absolute Gasteiger partial charge is 0.391 e. The van der Waals surface area contributed by atoms with Crippen molar-refractivity contribution in [3.63, 3.8) is 0 Å². The minimum Gasteiger partial charge on any atom is -0.391 e. The molecule has 0 aromatic heterocycles. The number of carbonyl (C=O) groups excluding carboxylic acids is 1. The molecular weight excluding hydrogens is 242 g/mol. The molecule has 0 saturated carbocycles. The van der Waals surface area contributed by atoms with E-state index < -0.39 is 29.9 Å². The Bertz CT molecular complexity index is 435. The fraction of sp³-hybridized carbons (Fsp3) is 0.667. The first kappa shape index (κ1) is 12.9. The van der Waals surface area contributed by atoms with Crippen LogP contribution in [0.5, 0.6) is 0 Å². The fourth-order valence-corrected chi connectivity index (χ4v) is 1.84. The molecule has 0 aromatic carbocycles. The summed E-state index contributed by atoms with van der Waals surface area (Å²) in [6.45, 7) is 1.46. The first-order valence-electron chi connectivity index (χ1n) is 5.41. The first-order valence-corrected chi connectivity index (χ1v) is 5.41. The summed E-state index contributed by atoms with van der Waals surface area (Å²) in [4.78, 5) is 19.3. The van der Waals surface area contributed by atoms with Gasteiger partial charge in [0.15, 0.2) is 5.84 Å². The Labute approximate surface area is 102 Å². The van der Waals surface area contributed by atoms with Crippen LogP contribution < -0.4 is 16.4 Å². The number of nitrogens with zero attached hydrogens (tertiary/aromatic N) is 2. The number of guanidine groups is 1. The van der Waals surface area contributed by atoms with Crippen molar-refractivity contribution in [2.75, 3.05) is 6.54 Å². The van der Waals surface area contributed by atoms with Crippen molar-refractivity contribution >= 4 is 17.7 Å². The third-order valence-electron chi connectivity index (χ3n) is 2.86. The lowest BCUT2D eigenvalue weighted by Crippen LogP contribution is -2.72. The summed E-state index contributed by atoms with van der Waals surface area (Å²) in [6.07, 6.45) is -2.20. The molecule has 9 heteroatoms. The monoisotopic (exact) mass is 257 g/mol. The number of amidine groups is 1. The zero-order valence-electron chi connectivity index (χ0n) is 9.66. The summed E-state index contributed by atoms with van der Waals surface area (Å²) >= 11 is 0. The Balaban J connectivity index is 2.29. The number of aliphatic imine (C=N–C) groups is 2. The number of nitrogens with one attached hydrogen (secondary N) is 2. The zero-order chi connectivity index (χ0) is 13.5. The van der Waals surface area contributed by atoms with Crippen LogP contribution in [0.3, 0.4) is 0 Å². The van der Waals surface area contributed by atoms with Crippen LogP contribution in [-0.4, -0.2) is 63.5 Å². The smallest absolute Gasteiger partial charge is 0.282 e. The second-order valence-corrected chi connectivity index (χ2v) is 4.31. The van der Waals surface area contributed by atoms with Crippen molar-refractivity contribution in [1.29, 1.82) is 0 Å². The molecule has 0 aliphatic carbocycles. The lowest BCUT2D eigenvalue weighted by atomic mass is 10.00. The van der Waals surface area contributed by atoms with Gasteiger partial charge in [0.05, 0.1) is 24.8 Å². The van der Waals surface area contributed by atoms with Gasteiger partial charge < -0.3 is 21.1 Å². The molecule has 7 N–H and O–H groups in total. The number of hydrogen-bond acceptors (Lipinski definition) is 8. The number of hydrogen-bond donors (Lipinski definition) is 6. The summed E-state index contributed by atoms with van der Waals surface area (Å²) in [5.41, 5.74) is 3.21. The van der Waals surface area contributed by atoms with E-state index in [1.807, 2.05) is 0 Å². The third-order valence-corrected chi connectivity index (χ3v) is 2.86. The van der Waals surface area contributed by atoms with E-state index in [0.717, 1.165) is 0 Å². The van der Waals surface area contributed by atoms with E-state index in [9.17, 15) is 20.1 Å². The maximum atomic E-state index is 11.7. The molecule has 0 bridgehead atoms. The highest BCUT2D eigenvalue weighted by atomic mass is 16.3. The molecule has 0 radical (unpaired) electrons. The van der Waals surface area contributed by atoms with E-state index in [4.69, 9.17) is 5.73 Å². The first-order chi connectivity index (χ1) is 8.34. The van der Waals surface area contributed by atoms with E-state index in [1.165, 1.54) is 6.92 Å². The molecule has 0 spiro atoms. The Hall–Kier alpha value is -1.55. The molecule has 2 aliphatic heterocycles. The minimum atomic E-state index is -2.14. The van der Waals surface area contributed by atoms with E-state index >= 15 is 0 Å². The highest BCUT2D eigenvalue weighted by Gasteiger charge is 2.50. The molecule has 9 nitrogen and oxygen atoms in total. The Kier molecular flexibility index (Phi) is 3.07. The minimum absolute atomic E-state index is 0.0633. The molecule has 100 valence electrons. The molecule has 2 rings (SSSR count). The zero-order valence-corrected chi connectivity index (χ0v) is 9.66. The molecule has 2 aliphatic rings. The molecule has 2 unspecified atom stereocenters. The topological polar surface area (TPSA) is 153 Å². The lowest BCUT2D eigenvalue weighted by molar-refractivity contribution is -0.137. The van der Waals surface area contributed by atoms with Gasteiger partial charge in [-0.2, -0.15) is 4.99 Å². The summed E-state index contributed by atoms with van der Waals surface area (Å²) < 4.78 is 0. The Morgan fingerprint density at radius 3 is 2.83 bits per heavy atom. The van der Waals surface area contributed by atoms with Gasteiger partial charge in [-0.25, -0.2) is 0 Å². The number of fused-ring (bicyclic) bond motifs is 1. The van der Waals surface area contributed by atoms with Gasteiger partial charge in [-0.1, -0.05) is 0 Å². The van der Waals surface area contributed by atoms with Crippen molar-refractivity contribution in [2.24, 2.45) is 15.7 Å². The number of aliphatic hydroxyl groups is 3. The summed E-state index contributed by atoms with van der Waals surface area (Å²) in [6, 6.07) is -0.765. The molecule has 18 heavy (non-hydrogen) atoms. The molecule has 2 heterocycles. The van der Waals surface area contributed by atoms with Crippen LogP contribution in [0.1, 0.15) is 6.92 Å². The highest BCUT2D eigenvalue weighted by Crippen LogP contribution is 2.17. The molecule has 0 aromatic rings. The van der Waals surface area contributed by atoms with Crippen LogP contribution >= 0.6 is 0 Å². The average Bonchev–Trinajstić information content (AvgIpc) is 2.29. The third kappa shape index (κ3) is 1.97. The molecular formula is C9H15N5O4. The Morgan fingerprint density at radius 1 is 1.56 bits per heavy atom. The molecule has 0 fully saturated rings. The number of aliphatic hydroxyl groups excluding tert-OH is 2. The normalized spacial score (nSPS) is 34.9. The van der Waals surface area contributed by atoms with Crippen LogP contribution in [0.25, 0.3) is 0 Å². The van der Waals surface area contributed by atoms with Gasteiger partial charge in [0, 0.05) is 0 Å². The number of carbonyl (C=O) groups is 1. The molecule has 4 atom stereocenters. The van der Waals surface area contributed by atoms with Crippen LogP contribution in [0.4, 0.5) is 0 Å².